The van der Waals surface area contributed by atoms with Gasteiger partial charge in [0.1, 0.15) is 0 Å². The molecule has 0 atom stereocenters. The van der Waals surface area contributed by atoms with Gasteiger partial charge in [-0.25, -0.2) is 0 Å². The van der Waals surface area contributed by atoms with Gasteiger partial charge in [0, 0.05) is 27.6 Å². The number of rotatable bonds is 1. The van der Waals surface area contributed by atoms with Crippen LogP contribution in [0.2, 0.25) is 0 Å². The zero-order valence-electron chi connectivity index (χ0n) is 9.96. The SMILES string of the molecule is CC1(C)CCN(C(=O)c2cc(Br)cc(Br)c2)C1. The van der Waals surface area contributed by atoms with E-state index in [-0.39, 0.29) is 11.3 Å². The number of nitrogens with zero attached hydrogens (tertiary/aromatic N) is 1. The van der Waals surface area contributed by atoms with Gasteiger partial charge in [-0.1, -0.05) is 45.7 Å². The number of carbonyl (C=O) groups excluding carboxylic acids is 1. The molecule has 0 N–H and O–H groups in total. The molecule has 0 bridgehead atoms. The lowest BCUT2D eigenvalue weighted by Crippen LogP contribution is -2.30. The molecule has 0 radical (unpaired) electrons. The molecule has 2 rings (SSSR count). The Kier molecular flexibility index (Phi) is 3.64. The van der Waals surface area contributed by atoms with Crippen LogP contribution in [0.5, 0.6) is 0 Å². The second-order valence-electron chi connectivity index (χ2n) is 5.30. The third-order valence-corrected chi connectivity index (χ3v) is 3.99. The predicted molar refractivity (Wildman–Crippen MR) is 76.1 cm³/mol. The third-order valence-electron chi connectivity index (χ3n) is 3.07. The Labute approximate surface area is 119 Å². The van der Waals surface area contributed by atoms with E-state index in [2.05, 4.69) is 45.7 Å². The molecule has 2 nitrogen and oxygen atoms in total. The highest BCUT2D eigenvalue weighted by atomic mass is 79.9. The maximum Gasteiger partial charge on any atom is 0.253 e. The quantitative estimate of drug-likeness (QED) is 0.738. The zero-order valence-corrected chi connectivity index (χ0v) is 13.1. The van der Waals surface area contributed by atoms with Crippen LogP contribution < -0.4 is 0 Å². The van der Waals surface area contributed by atoms with Gasteiger partial charge < -0.3 is 4.90 Å². The van der Waals surface area contributed by atoms with E-state index in [4.69, 9.17) is 0 Å². The number of halogens is 2. The van der Waals surface area contributed by atoms with Crippen molar-refractivity contribution in [3.05, 3.63) is 32.7 Å². The molecule has 1 amide bonds. The summed E-state index contributed by atoms with van der Waals surface area (Å²) in [5.74, 6) is 0.123. The average molecular weight is 361 g/mol. The lowest BCUT2D eigenvalue weighted by molar-refractivity contribution is 0.0778. The number of carbonyl (C=O) groups is 1. The van der Waals surface area contributed by atoms with Gasteiger partial charge in [0.25, 0.3) is 5.91 Å². The van der Waals surface area contributed by atoms with Crippen molar-refractivity contribution >= 4 is 37.8 Å². The molecular weight excluding hydrogens is 346 g/mol. The molecule has 17 heavy (non-hydrogen) atoms. The molecule has 1 saturated heterocycles. The fourth-order valence-corrected chi connectivity index (χ4v) is 3.44. The summed E-state index contributed by atoms with van der Waals surface area (Å²) in [5, 5.41) is 0. The minimum atomic E-state index is 0.123. The summed E-state index contributed by atoms with van der Waals surface area (Å²) >= 11 is 6.82. The van der Waals surface area contributed by atoms with Gasteiger partial charge in [0.05, 0.1) is 0 Å². The standard InChI is InChI=1S/C13H15Br2NO/c1-13(2)3-4-16(8-13)12(17)9-5-10(14)7-11(15)6-9/h5-7H,3-4,8H2,1-2H3. The first-order valence-electron chi connectivity index (χ1n) is 5.63. The monoisotopic (exact) mass is 359 g/mol. The van der Waals surface area contributed by atoms with E-state index in [0.29, 0.717) is 0 Å². The van der Waals surface area contributed by atoms with Crippen molar-refractivity contribution in [2.24, 2.45) is 5.41 Å². The highest BCUT2D eigenvalue weighted by Crippen LogP contribution is 2.30. The van der Waals surface area contributed by atoms with E-state index < -0.39 is 0 Å². The molecular formula is C13H15Br2NO. The van der Waals surface area contributed by atoms with Gasteiger partial charge in [-0.05, 0) is 30.0 Å². The maximum atomic E-state index is 12.3. The van der Waals surface area contributed by atoms with Gasteiger partial charge >= 0.3 is 0 Å². The lowest BCUT2D eigenvalue weighted by atomic mass is 9.93. The molecule has 0 unspecified atom stereocenters. The summed E-state index contributed by atoms with van der Waals surface area (Å²) in [4.78, 5) is 14.3. The molecule has 1 aliphatic rings. The Bertz CT molecular complexity index is 436. The van der Waals surface area contributed by atoms with Crippen LogP contribution in [0.1, 0.15) is 30.6 Å². The van der Waals surface area contributed by atoms with Crippen LogP contribution in [0.4, 0.5) is 0 Å². The number of benzene rings is 1. The second kappa shape index (κ2) is 4.73. The Morgan fingerprint density at radius 3 is 2.29 bits per heavy atom. The molecule has 0 aliphatic carbocycles. The summed E-state index contributed by atoms with van der Waals surface area (Å²) in [6.07, 6.45) is 1.08. The fraction of sp³-hybridized carbons (Fsp3) is 0.462. The fourth-order valence-electron chi connectivity index (χ4n) is 2.15. The number of hydrogen-bond acceptors (Lipinski definition) is 1. The van der Waals surface area contributed by atoms with E-state index in [1.54, 1.807) is 0 Å². The van der Waals surface area contributed by atoms with E-state index in [0.717, 1.165) is 34.0 Å². The lowest BCUT2D eigenvalue weighted by Gasteiger charge is -2.20. The first kappa shape index (κ1) is 13.1. The summed E-state index contributed by atoms with van der Waals surface area (Å²) in [5.41, 5.74) is 0.989. The van der Waals surface area contributed by atoms with Gasteiger partial charge in [0.2, 0.25) is 0 Å². The minimum absolute atomic E-state index is 0.123. The van der Waals surface area contributed by atoms with Crippen molar-refractivity contribution in [2.75, 3.05) is 13.1 Å². The highest BCUT2D eigenvalue weighted by Gasteiger charge is 2.32. The van der Waals surface area contributed by atoms with Crippen LogP contribution in [0.25, 0.3) is 0 Å². The highest BCUT2D eigenvalue weighted by molar-refractivity contribution is 9.11. The Balaban J connectivity index is 2.20. The molecule has 4 heteroatoms. The van der Waals surface area contributed by atoms with Gasteiger partial charge in [-0.3, -0.25) is 4.79 Å². The first-order chi connectivity index (χ1) is 7.87. The van der Waals surface area contributed by atoms with Gasteiger partial charge in [-0.2, -0.15) is 0 Å². The molecule has 0 saturated carbocycles. The summed E-state index contributed by atoms with van der Waals surface area (Å²) < 4.78 is 1.85. The summed E-state index contributed by atoms with van der Waals surface area (Å²) in [6.45, 7) is 6.11. The molecule has 1 aromatic rings. The zero-order chi connectivity index (χ0) is 12.6. The van der Waals surface area contributed by atoms with Crippen LogP contribution in [0.15, 0.2) is 27.1 Å². The molecule has 1 aliphatic heterocycles. The Morgan fingerprint density at radius 1 is 1.24 bits per heavy atom. The van der Waals surface area contributed by atoms with Gasteiger partial charge in [-0.15, -0.1) is 0 Å². The van der Waals surface area contributed by atoms with Crippen LogP contribution in [-0.4, -0.2) is 23.9 Å². The average Bonchev–Trinajstić information content (AvgIpc) is 2.56. The van der Waals surface area contributed by atoms with Crippen LogP contribution >= 0.6 is 31.9 Å². The molecule has 0 spiro atoms. The largest absolute Gasteiger partial charge is 0.338 e. The van der Waals surface area contributed by atoms with Crippen LogP contribution in [0.3, 0.4) is 0 Å². The number of likely N-dealkylation sites (tertiary alicyclic amines) is 1. The molecule has 1 aromatic carbocycles. The van der Waals surface area contributed by atoms with E-state index in [9.17, 15) is 4.79 Å². The number of amides is 1. The summed E-state index contributed by atoms with van der Waals surface area (Å²) in [6, 6.07) is 5.68. The van der Waals surface area contributed by atoms with Crippen LogP contribution in [0, 0.1) is 5.41 Å². The normalized spacial score (nSPS) is 18.5. The summed E-state index contributed by atoms with van der Waals surface area (Å²) in [7, 11) is 0. The van der Waals surface area contributed by atoms with Crippen molar-refractivity contribution in [2.45, 2.75) is 20.3 Å². The molecule has 1 fully saturated rings. The topological polar surface area (TPSA) is 20.3 Å². The van der Waals surface area contributed by atoms with Crippen LogP contribution in [-0.2, 0) is 0 Å². The third kappa shape index (κ3) is 3.10. The van der Waals surface area contributed by atoms with Gasteiger partial charge in [0.15, 0.2) is 0 Å². The Hall–Kier alpha value is -0.350. The smallest absolute Gasteiger partial charge is 0.253 e. The van der Waals surface area contributed by atoms with Crippen molar-refractivity contribution in [1.29, 1.82) is 0 Å². The maximum absolute atomic E-state index is 12.3. The molecule has 92 valence electrons. The molecule has 0 aromatic heterocycles. The van der Waals surface area contributed by atoms with Crippen molar-refractivity contribution in [3.63, 3.8) is 0 Å². The number of hydrogen-bond donors (Lipinski definition) is 0. The van der Waals surface area contributed by atoms with E-state index in [1.165, 1.54) is 0 Å². The Morgan fingerprint density at radius 2 is 1.82 bits per heavy atom. The van der Waals surface area contributed by atoms with E-state index in [1.807, 2.05) is 23.1 Å². The van der Waals surface area contributed by atoms with Crippen molar-refractivity contribution in [1.82, 2.24) is 4.90 Å². The van der Waals surface area contributed by atoms with E-state index >= 15 is 0 Å². The van der Waals surface area contributed by atoms with Crippen molar-refractivity contribution < 1.29 is 4.79 Å². The minimum Gasteiger partial charge on any atom is -0.338 e. The predicted octanol–water partition coefficient (Wildman–Crippen LogP) is 4.08. The first-order valence-corrected chi connectivity index (χ1v) is 7.21. The second-order valence-corrected chi connectivity index (χ2v) is 7.13. The molecule has 1 heterocycles. The van der Waals surface area contributed by atoms with Crippen molar-refractivity contribution in [3.8, 4) is 0 Å².